The average molecular weight is 714 g/mol. The summed E-state index contributed by atoms with van der Waals surface area (Å²) in [5.41, 5.74) is 7.32. The minimum atomic E-state index is -0.106. The van der Waals surface area contributed by atoms with Gasteiger partial charge in [0.05, 0.1) is 6.04 Å². The van der Waals surface area contributed by atoms with Gasteiger partial charge in [-0.3, -0.25) is 4.90 Å². The minimum Gasteiger partial charge on any atom is -0.299 e. The molecule has 0 saturated heterocycles. The number of hydrogen-bond acceptors (Lipinski definition) is 1. The van der Waals surface area contributed by atoms with Crippen molar-refractivity contribution in [3.63, 3.8) is 0 Å². The third-order valence-electron chi connectivity index (χ3n) is 12.1. The smallest absolute Gasteiger partial charge is 0.0606 e. The van der Waals surface area contributed by atoms with Gasteiger partial charge in [-0.25, -0.2) is 0 Å². The van der Waals surface area contributed by atoms with Gasteiger partial charge in [0.25, 0.3) is 0 Å². The zero-order chi connectivity index (χ0) is 31.6. The van der Waals surface area contributed by atoms with E-state index in [0.717, 1.165) is 29.1 Å². The Balaban J connectivity index is 0.000000662. The summed E-state index contributed by atoms with van der Waals surface area (Å²) in [7, 11) is 4.62. The zero-order valence-electron chi connectivity index (χ0n) is 29.9. The molecule has 4 heteroatoms. The van der Waals surface area contributed by atoms with E-state index < -0.39 is 0 Å². The predicted octanol–water partition coefficient (Wildman–Crippen LogP) is 12.9. The van der Waals surface area contributed by atoms with Crippen LogP contribution in [0.3, 0.4) is 0 Å². The number of benzene rings is 1. The molecule has 0 heterocycles. The first-order valence-corrected chi connectivity index (χ1v) is 22.7. The number of likely N-dealkylation sites (N-methyl/N-ethyl adjacent to an activating group) is 1. The van der Waals surface area contributed by atoms with Crippen molar-refractivity contribution in [1.82, 2.24) is 4.90 Å². The molecular formula is C43H65FeNP2. The van der Waals surface area contributed by atoms with Crippen LogP contribution < -0.4 is 5.30 Å². The Hall–Kier alpha value is -0.481. The molecule has 1 nitrogen and oxygen atoms in total. The molecule has 4 saturated carbocycles. The summed E-state index contributed by atoms with van der Waals surface area (Å²) in [4.78, 5) is 2.62. The SMILES string of the molecule is C1=CCC=C1.CN(C)C(C1=CCC=C1P(C1CCCCC1)C1CCCCC1)c1ccccc1P(C1CCCCC1)C1CCCCC1.[Fe]. The summed E-state index contributed by atoms with van der Waals surface area (Å²) >= 11 is 0. The van der Waals surface area contributed by atoms with Gasteiger partial charge in [0.15, 0.2) is 0 Å². The van der Waals surface area contributed by atoms with Crippen LogP contribution in [0.4, 0.5) is 0 Å². The van der Waals surface area contributed by atoms with Crippen molar-refractivity contribution in [2.24, 2.45) is 0 Å². The van der Waals surface area contributed by atoms with E-state index in [1.807, 2.05) is 10.6 Å². The van der Waals surface area contributed by atoms with Crippen LogP contribution in [0.2, 0.25) is 0 Å². The Kier molecular flexibility index (Phi) is 15.9. The second kappa shape index (κ2) is 19.8. The molecular weight excluding hydrogens is 648 g/mol. The molecule has 0 amide bonds. The third-order valence-corrected chi connectivity index (χ3v) is 19.2. The monoisotopic (exact) mass is 713 g/mol. The first-order valence-electron chi connectivity index (χ1n) is 19.8. The molecule has 0 N–H and O–H groups in total. The van der Waals surface area contributed by atoms with Crippen molar-refractivity contribution in [2.45, 2.75) is 170 Å². The normalized spacial score (nSPS) is 23.9. The zero-order valence-corrected chi connectivity index (χ0v) is 32.8. The van der Waals surface area contributed by atoms with E-state index in [2.05, 4.69) is 79.7 Å². The standard InChI is InChI=1S/C38H59NP2.C5H6.Fe/c1-39(2)38(35-27-17-29-37(35)41(32-22-11-5-12-23-32)33-24-13-6-14-25-33)34-26-15-16-28-36(34)40(30-18-7-3-8-19-30)31-20-9-4-10-21-31;1-2-4-5-3-1;/h15-16,26-33,38H,3-14,17-25H2,1-2H3;1-4H,5H2;. The Labute approximate surface area is 303 Å². The number of allylic oxidation sites excluding steroid dienone is 6. The van der Waals surface area contributed by atoms with E-state index in [1.54, 1.807) is 11.1 Å². The summed E-state index contributed by atoms with van der Waals surface area (Å²) in [6, 6.07) is 10.4. The number of nitrogens with zero attached hydrogens (tertiary/aromatic N) is 1. The van der Waals surface area contributed by atoms with Gasteiger partial charge in [0.1, 0.15) is 0 Å². The molecule has 47 heavy (non-hydrogen) atoms. The van der Waals surface area contributed by atoms with E-state index in [0.29, 0.717) is 6.04 Å². The molecule has 6 aliphatic carbocycles. The van der Waals surface area contributed by atoms with Crippen molar-refractivity contribution < 1.29 is 17.1 Å². The minimum absolute atomic E-state index is 0. The molecule has 0 radical (unpaired) electrons. The predicted molar refractivity (Wildman–Crippen MR) is 208 cm³/mol. The summed E-state index contributed by atoms with van der Waals surface area (Å²) in [6.45, 7) is 0. The van der Waals surface area contributed by atoms with Crippen LogP contribution in [-0.4, -0.2) is 41.6 Å². The molecule has 1 aromatic carbocycles. The van der Waals surface area contributed by atoms with Gasteiger partial charge in [0.2, 0.25) is 0 Å². The van der Waals surface area contributed by atoms with Crippen LogP contribution in [0.25, 0.3) is 0 Å². The molecule has 0 aromatic heterocycles. The molecule has 7 rings (SSSR count). The summed E-state index contributed by atoms with van der Waals surface area (Å²) in [5, 5.41) is 3.68. The number of hydrogen-bond donors (Lipinski definition) is 0. The van der Waals surface area contributed by atoms with E-state index in [1.165, 1.54) is 135 Å². The van der Waals surface area contributed by atoms with E-state index in [4.69, 9.17) is 0 Å². The Morgan fingerprint density at radius 3 is 1.43 bits per heavy atom. The molecule has 1 unspecified atom stereocenters. The van der Waals surface area contributed by atoms with Crippen LogP contribution >= 0.6 is 15.8 Å². The fraction of sp³-hybridized carbons (Fsp3) is 0.674. The van der Waals surface area contributed by atoms with Gasteiger partial charge < -0.3 is 0 Å². The van der Waals surface area contributed by atoms with Crippen molar-refractivity contribution in [2.75, 3.05) is 14.1 Å². The second-order valence-corrected chi connectivity index (χ2v) is 21.0. The summed E-state index contributed by atoms with van der Waals surface area (Å²) in [6.07, 6.45) is 45.8. The maximum atomic E-state index is 2.74. The molecule has 0 spiro atoms. The van der Waals surface area contributed by atoms with Crippen LogP contribution in [0.5, 0.6) is 0 Å². The first-order chi connectivity index (χ1) is 22.7. The van der Waals surface area contributed by atoms with Crippen molar-refractivity contribution in [3.8, 4) is 0 Å². The average Bonchev–Trinajstić information content (AvgIpc) is 3.85. The second-order valence-electron chi connectivity index (χ2n) is 15.5. The molecule has 1 aromatic rings. The molecule has 0 bridgehead atoms. The maximum Gasteiger partial charge on any atom is 0.0606 e. The van der Waals surface area contributed by atoms with Crippen molar-refractivity contribution in [1.29, 1.82) is 0 Å². The summed E-state index contributed by atoms with van der Waals surface area (Å²) in [5.74, 6) is 0. The fourth-order valence-corrected chi connectivity index (χ4v) is 17.9. The van der Waals surface area contributed by atoms with Gasteiger partial charge in [-0.15, -0.1) is 0 Å². The van der Waals surface area contributed by atoms with Crippen molar-refractivity contribution in [3.05, 3.63) is 77.2 Å². The van der Waals surface area contributed by atoms with Crippen LogP contribution in [0.15, 0.2) is 71.6 Å². The van der Waals surface area contributed by atoms with Gasteiger partial charge >= 0.3 is 0 Å². The van der Waals surface area contributed by atoms with Crippen LogP contribution in [0, 0.1) is 0 Å². The number of rotatable bonds is 9. The van der Waals surface area contributed by atoms with Gasteiger partial charge in [-0.2, -0.15) is 0 Å². The third kappa shape index (κ3) is 9.86. The van der Waals surface area contributed by atoms with Gasteiger partial charge in [-0.05, 0) is 123 Å². The Bertz CT molecular complexity index is 1150. The molecule has 4 fully saturated rings. The summed E-state index contributed by atoms with van der Waals surface area (Å²) < 4.78 is 0. The molecule has 0 aliphatic heterocycles. The van der Waals surface area contributed by atoms with Crippen LogP contribution in [-0.2, 0) is 17.1 Å². The maximum absolute atomic E-state index is 2.74. The van der Waals surface area contributed by atoms with E-state index >= 15 is 0 Å². The quantitative estimate of drug-likeness (QED) is 0.182. The largest absolute Gasteiger partial charge is 0.299 e. The van der Waals surface area contributed by atoms with E-state index in [9.17, 15) is 0 Å². The van der Waals surface area contributed by atoms with E-state index in [-0.39, 0.29) is 32.9 Å². The van der Waals surface area contributed by atoms with Crippen molar-refractivity contribution >= 4 is 21.1 Å². The molecule has 260 valence electrons. The van der Waals surface area contributed by atoms with Gasteiger partial charge in [0, 0.05) is 17.1 Å². The molecule has 1 atom stereocenters. The molecule has 6 aliphatic rings. The van der Waals surface area contributed by atoms with Crippen LogP contribution in [0.1, 0.15) is 153 Å². The Morgan fingerprint density at radius 1 is 0.553 bits per heavy atom. The topological polar surface area (TPSA) is 3.24 Å². The Morgan fingerprint density at radius 2 is 1.00 bits per heavy atom. The fourth-order valence-electron chi connectivity index (χ4n) is 9.92. The van der Waals surface area contributed by atoms with Gasteiger partial charge in [-0.1, -0.05) is 154 Å². The first kappa shape index (κ1) is 37.8.